The van der Waals surface area contributed by atoms with Gasteiger partial charge in [-0.3, -0.25) is 9.59 Å². The lowest BCUT2D eigenvalue weighted by Gasteiger charge is -2.32. The highest BCUT2D eigenvalue weighted by atomic mass is 16.5. The van der Waals surface area contributed by atoms with Crippen LogP contribution in [-0.4, -0.2) is 61.6 Å². The quantitative estimate of drug-likeness (QED) is 0.764. The van der Waals surface area contributed by atoms with E-state index in [-0.39, 0.29) is 17.9 Å². The van der Waals surface area contributed by atoms with Crippen molar-refractivity contribution in [3.8, 4) is 0 Å². The predicted octanol–water partition coefficient (Wildman–Crippen LogP) is 2.20. The van der Waals surface area contributed by atoms with Crippen molar-refractivity contribution in [3.05, 3.63) is 29.5 Å². The van der Waals surface area contributed by atoms with Crippen LogP contribution in [0.5, 0.6) is 0 Å². The number of fused-ring (bicyclic) bond motifs is 1. The molecule has 0 unspecified atom stereocenters. The van der Waals surface area contributed by atoms with Gasteiger partial charge in [0.25, 0.3) is 5.91 Å². The van der Waals surface area contributed by atoms with Gasteiger partial charge in [-0.25, -0.2) is 0 Å². The summed E-state index contributed by atoms with van der Waals surface area (Å²) in [5.74, 6) is 0.182. The molecule has 2 fully saturated rings. The first kappa shape index (κ1) is 19.8. The maximum atomic E-state index is 13.2. The van der Waals surface area contributed by atoms with Gasteiger partial charge < -0.3 is 25.2 Å². The van der Waals surface area contributed by atoms with Crippen LogP contribution < -0.4 is 15.5 Å². The molecule has 3 aliphatic heterocycles. The summed E-state index contributed by atoms with van der Waals surface area (Å²) >= 11 is 0. The Balaban J connectivity index is 1.60. The average Bonchev–Trinajstić information content (AvgIpc) is 3.00. The maximum absolute atomic E-state index is 13.2. The second kappa shape index (κ2) is 8.06. The number of rotatable bonds is 3. The van der Waals surface area contributed by atoms with E-state index in [0.29, 0.717) is 19.3 Å². The number of carbonyl (C=O) groups is 2. The Kier molecular flexibility index (Phi) is 5.50. The Hall–Kier alpha value is -2.54. The summed E-state index contributed by atoms with van der Waals surface area (Å²) in [6, 6.07) is 6.59. The molecule has 0 saturated carbocycles. The summed E-state index contributed by atoms with van der Waals surface area (Å²) in [6.07, 6.45) is 1.86. The number of ether oxygens (including phenoxy) is 1. The highest BCUT2D eigenvalue weighted by Gasteiger charge is 2.37. The SMILES string of the molecule is CC(=O)N1CCC(Nc2ccc3c(c2)/C(=C2\COCCN2)C(=O)N3C(C)C)CC1. The van der Waals surface area contributed by atoms with Crippen LogP contribution >= 0.6 is 0 Å². The molecule has 3 aliphatic rings. The van der Waals surface area contributed by atoms with E-state index in [4.69, 9.17) is 4.74 Å². The Bertz CT molecular complexity index is 832. The van der Waals surface area contributed by atoms with E-state index < -0.39 is 0 Å². The molecule has 0 aromatic heterocycles. The monoisotopic (exact) mass is 398 g/mol. The zero-order valence-electron chi connectivity index (χ0n) is 17.5. The molecule has 156 valence electrons. The Morgan fingerprint density at radius 1 is 1.28 bits per heavy atom. The van der Waals surface area contributed by atoms with Crippen molar-refractivity contribution in [1.82, 2.24) is 10.2 Å². The third-order valence-electron chi connectivity index (χ3n) is 5.92. The van der Waals surface area contributed by atoms with Gasteiger partial charge in [-0.1, -0.05) is 0 Å². The smallest absolute Gasteiger partial charge is 0.261 e. The molecule has 7 nitrogen and oxygen atoms in total. The van der Waals surface area contributed by atoms with Crippen LogP contribution in [0.25, 0.3) is 5.57 Å². The lowest BCUT2D eigenvalue weighted by Crippen LogP contribution is -2.41. The summed E-state index contributed by atoms with van der Waals surface area (Å²) in [6.45, 7) is 9.09. The number of benzene rings is 1. The topological polar surface area (TPSA) is 73.9 Å². The Morgan fingerprint density at radius 3 is 2.66 bits per heavy atom. The summed E-state index contributed by atoms with van der Waals surface area (Å²) < 4.78 is 5.60. The Labute approximate surface area is 172 Å². The number of likely N-dealkylation sites (tertiary alicyclic amines) is 1. The molecule has 2 saturated heterocycles. The van der Waals surface area contributed by atoms with E-state index in [9.17, 15) is 9.59 Å². The van der Waals surface area contributed by atoms with Crippen LogP contribution in [0, 0.1) is 0 Å². The minimum atomic E-state index is 0.0370. The third kappa shape index (κ3) is 3.83. The zero-order valence-corrected chi connectivity index (χ0v) is 17.5. The highest BCUT2D eigenvalue weighted by Crippen LogP contribution is 2.41. The van der Waals surface area contributed by atoms with Gasteiger partial charge in [0.05, 0.1) is 30.2 Å². The largest absolute Gasteiger partial charge is 0.383 e. The minimum Gasteiger partial charge on any atom is -0.383 e. The van der Waals surface area contributed by atoms with Gasteiger partial charge in [0.1, 0.15) is 0 Å². The van der Waals surface area contributed by atoms with E-state index in [0.717, 1.165) is 60.7 Å². The van der Waals surface area contributed by atoms with Crippen LogP contribution in [0.1, 0.15) is 39.2 Å². The molecule has 0 spiro atoms. The zero-order chi connectivity index (χ0) is 20.5. The fourth-order valence-electron chi connectivity index (χ4n) is 4.42. The normalized spacial score (nSPS) is 22.7. The number of amides is 2. The molecule has 2 amide bonds. The number of piperidine rings is 1. The number of hydrogen-bond donors (Lipinski definition) is 2. The van der Waals surface area contributed by atoms with E-state index >= 15 is 0 Å². The van der Waals surface area contributed by atoms with Crippen molar-refractivity contribution in [2.24, 2.45) is 0 Å². The lowest BCUT2D eigenvalue weighted by atomic mass is 10.0. The average molecular weight is 399 g/mol. The van der Waals surface area contributed by atoms with Gasteiger partial charge >= 0.3 is 0 Å². The molecule has 0 atom stereocenters. The fraction of sp³-hybridized carbons (Fsp3) is 0.545. The first-order valence-corrected chi connectivity index (χ1v) is 10.5. The fourth-order valence-corrected chi connectivity index (χ4v) is 4.42. The molecule has 0 radical (unpaired) electrons. The van der Waals surface area contributed by atoms with Crippen molar-refractivity contribution >= 4 is 28.8 Å². The van der Waals surface area contributed by atoms with Gasteiger partial charge in [0.15, 0.2) is 0 Å². The molecular weight excluding hydrogens is 368 g/mol. The van der Waals surface area contributed by atoms with Crippen LogP contribution in [-0.2, 0) is 14.3 Å². The van der Waals surface area contributed by atoms with Crippen LogP contribution in [0.2, 0.25) is 0 Å². The molecule has 1 aromatic carbocycles. The van der Waals surface area contributed by atoms with E-state index in [1.165, 1.54) is 0 Å². The Morgan fingerprint density at radius 2 is 2.03 bits per heavy atom. The van der Waals surface area contributed by atoms with E-state index in [1.54, 1.807) is 6.92 Å². The highest BCUT2D eigenvalue weighted by molar-refractivity contribution is 6.33. The second-order valence-corrected chi connectivity index (χ2v) is 8.26. The van der Waals surface area contributed by atoms with Gasteiger partial charge in [0, 0.05) is 49.9 Å². The van der Waals surface area contributed by atoms with E-state index in [2.05, 4.69) is 22.8 Å². The van der Waals surface area contributed by atoms with Gasteiger partial charge in [-0.15, -0.1) is 0 Å². The van der Waals surface area contributed by atoms with Crippen LogP contribution in [0.4, 0.5) is 11.4 Å². The molecule has 0 bridgehead atoms. The van der Waals surface area contributed by atoms with Gasteiger partial charge in [0.2, 0.25) is 5.91 Å². The molecular formula is C22H30N4O3. The molecule has 4 rings (SSSR count). The van der Waals surface area contributed by atoms with Crippen molar-refractivity contribution in [2.45, 2.75) is 45.7 Å². The number of carbonyl (C=O) groups excluding carboxylic acids is 2. The third-order valence-corrected chi connectivity index (χ3v) is 5.92. The molecule has 2 N–H and O–H groups in total. The van der Waals surface area contributed by atoms with Crippen molar-refractivity contribution in [2.75, 3.05) is 43.1 Å². The molecule has 1 aromatic rings. The number of hydrogen-bond acceptors (Lipinski definition) is 5. The van der Waals surface area contributed by atoms with E-state index in [1.807, 2.05) is 29.7 Å². The number of anilines is 2. The van der Waals surface area contributed by atoms with Crippen LogP contribution in [0.15, 0.2) is 23.9 Å². The summed E-state index contributed by atoms with van der Waals surface area (Å²) in [5, 5.41) is 6.97. The van der Waals surface area contributed by atoms with Crippen molar-refractivity contribution in [1.29, 1.82) is 0 Å². The number of nitrogens with one attached hydrogen (secondary N) is 2. The molecule has 3 heterocycles. The summed E-state index contributed by atoms with van der Waals surface area (Å²) in [7, 11) is 0. The lowest BCUT2D eigenvalue weighted by molar-refractivity contribution is -0.129. The van der Waals surface area contributed by atoms with Crippen molar-refractivity contribution < 1.29 is 14.3 Å². The summed E-state index contributed by atoms with van der Waals surface area (Å²) in [5.41, 5.74) is 4.53. The van der Waals surface area contributed by atoms with Crippen LogP contribution in [0.3, 0.4) is 0 Å². The first-order chi connectivity index (χ1) is 14.0. The standard InChI is InChI=1S/C22H30N4O3/c1-14(2)26-20-5-4-17(24-16-6-9-25(10-7-16)15(3)27)12-18(20)21(22(26)28)19-13-29-11-8-23-19/h4-5,12,14,16,23-24H,6-11,13H2,1-3H3/b21-19-. The molecule has 0 aliphatic carbocycles. The number of morpholine rings is 1. The van der Waals surface area contributed by atoms with Crippen molar-refractivity contribution in [3.63, 3.8) is 0 Å². The molecule has 7 heteroatoms. The van der Waals surface area contributed by atoms with Gasteiger partial charge in [-0.2, -0.15) is 0 Å². The first-order valence-electron chi connectivity index (χ1n) is 10.5. The minimum absolute atomic E-state index is 0.0370. The predicted molar refractivity (Wildman–Crippen MR) is 114 cm³/mol. The maximum Gasteiger partial charge on any atom is 0.261 e. The van der Waals surface area contributed by atoms with Gasteiger partial charge in [-0.05, 0) is 44.9 Å². The number of nitrogens with zero attached hydrogens (tertiary/aromatic N) is 2. The molecule has 29 heavy (non-hydrogen) atoms. The summed E-state index contributed by atoms with van der Waals surface area (Å²) in [4.78, 5) is 28.5. The second-order valence-electron chi connectivity index (χ2n) is 8.26.